The summed E-state index contributed by atoms with van der Waals surface area (Å²) in [5.74, 6) is 1.94. The average Bonchev–Trinajstić information content (AvgIpc) is 3.23. The molecule has 4 fully saturated rings. The molecule has 0 radical (unpaired) electrons. The third-order valence-electron chi connectivity index (χ3n) is 11.4. The van der Waals surface area contributed by atoms with Crippen molar-refractivity contribution in [1.29, 1.82) is 0 Å². The molecule has 5 aliphatic rings. The van der Waals surface area contributed by atoms with Crippen molar-refractivity contribution < 1.29 is 14.0 Å². The Morgan fingerprint density at radius 1 is 0.972 bits per heavy atom. The van der Waals surface area contributed by atoms with Gasteiger partial charge in [-0.3, -0.25) is 9.59 Å². The van der Waals surface area contributed by atoms with E-state index in [0.29, 0.717) is 24.2 Å². The summed E-state index contributed by atoms with van der Waals surface area (Å²) in [5, 5.41) is 7.25. The topological polar surface area (TPSA) is 58.2 Å². The number of hydrogen-bond acceptors (Lipinski definition) is 3. The van der Waals surface area contributed by atoms with Gasteiger partial charge in [0.2, 0.25) is 5.91 Å². The molecule has 1 aromatic rings. The molecule has 0 spiro atoms. The number of carbonyl (C=O) groups excluding carboxylic acids is 2. The van der Waals surface area contributed by atoms with E-state index in [0.717, 1.165) is 75.6 Å². The van der Waals surface area contributed by atoms with Crippen LogP contribution in [0.15, 0.2) is 36.0 Å². The molecule has 1 amide bonds. The summed E-state index contributed by atoms with van der Waals surface area (Å²) in [6, 6.07) is 6.81. The minimum absolute atomic E-state index is 0.00759. The van der Waals surface area contributed by atoms with Crippen LogP contribution in [-0.4, -0.2) is 18.2 Å². The van der Waals surface area contributed by atoms with Crippen LogP contribution in [0.2, 0.25) is 0 Å². The van der Waals surface area contributed by atoms with Gasteiger partial charge in [0.1, 0.15) is 5.82 Å². The highest BCUT2D eigenvalue weighted by Gasteiger charge is 2.60. The Balaban J connectivity index is 1.24. The molecule has 4 aliphatic carbocycles. The molecule has 0 bridgehead atoms. The number of ketones is 1. The molecule has 5 heteroatoms. The van der Waals surface area contributed by atoms with E-state index in [1.165, 1.54) is 18.6 Å². The molecule has 6 atom stereocenters. The molecule has 1 aliphatic heterocycles. The summed E-state index contributed by atoms with van der Waals surface area (Å²) in [6.07, 6.45) is 13.0. The summed E-state index contributed by atoms with van der Waals surface area (Å²) in [7, 11) is 0. The highest BCUT2D eigenvalue weighted by atomic mass is 19.1. The monoisotopic (exact) mass is 492 g/mol. The van der Waals surface area contributed by atoms with Crippen molar-refractivity contribution in [2.45, 2.75) is 90.0 Å². The van der Waals surface area contributed by atoms with Gasteiger partial charge in [0.15, 0.2) is 5.78 Å². The van der Waals surface area contributed by atoms with Crippen molar-refractivity contribution in [3.05, 3.63) is 47.4 Å². The maximum Gasteiger partial charge on any atom is 0.224 e. The number of allylic oxidation sites excluding steroid dienone is 2. The molecule has 3 saturated carbocycles. The molecule has 6 rings (SSSR count). The molecule has 1 heterocycles. The molecular formula is C31H41FN2O2. The number of amides is 1. The largest absolute Gasteiger partial charge is 0.387 e. The number of carbonyl (C=O) groups is 2. The van der Waals surface area contributed by atoms with Crippen LogP contribution in [0.5, 0.6) is 0 Å². The second-order valence-corrected chi connectivity index (χ2v) is 13.0. The van der Waals surface area contributed by atoms with Crippen LogP contribution in [0.4, 0.5) is 4.39 Å². The smallest absolute Gasteiger partial charge is 0.224 e. The maximum absolute atomic E-state index is 14.1. The second-order valence-electron chi connectivity index (χ2n) is 13.0. The lowest BCUT2D eigenvalue weighted by Gasteiger charge is -2.58. The zero-order chi connectivity index (χ0) is 25.1. The molecule has 1 aromatic carbocycles. The number of halogens is 1. The molecule has 1 saturated heterocycles. The Kier molecular flexibility index (Phi) is 5.84. The first kappa shape index (κ1) is 24.2. The molecule has 2 N–H and O–H groups in total. The fourth-order valence-electron chi connectivity index (χ4n) is 9.31. The fraction of sp³-hybridized carbons (Fsp3) is 0.677. The predicted molar refractivity (Wildman–Crippen MR) is 138 cm³/mol. The van der Waals surface area contributed by atoms with Crippen LogP contribution in [0.3, 0.4) is 0 Å². The highest BCUT2D eigenvalue weighted by molar-refractivity contribution is 5.91. The van der Waals surface area contributed by atoms with Gasteiger partial charge in [0.25, 0.3) is 0 Å². The van der Waals surface area contributed by atoms with E-state index in [4.69, 9.17) is 0 Å². The van der Waals surface area contributed by atoms with Crippen LogP contribution in [-0.2, 0) is 15.1 Å². The van der Waals surface area contributed by atoms with E-state index >= 15 is 0 Å². The summed E-state index contributed by atoms with van der Waals surface area (Å²) in [5.41, 5.74) is 1.91. The first-order chi connectivity index (χ1) is 17.3. The fourth-order valence-corrected chi connectivity index (χ4v) is 9.31. The predicted octanol–water partition coefficient (Wildman–Crippen LogP) is 6.02. The maximum atomic E-state index is 14.1. The number of nitrogens with one attached hydrogen (secondary N) is 2. The van der Waals surface area contributed by atoms with E-state index in [1.807, 2.05) is 18.2 Å². The third kappa shape index (κ3) is 3.67. The van der Waals surface area contributed by atoms with Crippen LogP contribution in [0.1, 0.15) is 90.0 Å². The summed E-state index contributed by atoms with van der Waals surface area (Å²) in [6.45, 7) is 5.68. The van der Waals surface area contributed by atoms with Crippen molar-refractivity contribution in [2.75, 3.05) is 6.54 Å². The van der Waals surface area contributed by atoms with E-state index in [2.05, 4.69) is 24.5 Å². The minimum Gasteiger partial charge on any atom is -0.387 e. The summed E-state index contributed by atoms with van der Waals surface area (Å²) in [4.78, 5) is 26.2. The number of hydrogen-bond donors (Lipinski definition) is 2. The quantitative estimate of drug-likeness (QED) is 0.543. The first-order valence-electron chi connectivity index (χ1n) is 14.3. The van der Waals surface area contributed by atoms with E-state index < -0.39 is 0 Å². The lowest BCUT2D eigenvalue weighted by atomic mass is 9.50. The van der Waals surface area contributed by atoms with Crippen molar-refractivity contribution >= 4 is 11.7 Å². The van der Waals surface area contributed by atoms with Gasteiger partial charge >= 0.3 is 0 Å². The Bertz CT molecular complexity index is 1070. The molecule has 36 heavy (non-hydrogen) atoms. The number of rotatable bonds is 3. The summed E-state index contributed by atoms with van der Waals surface area (Å²) >= 11 is 0. The van der Waals surface area contributed by atoms with Crippen molar-refractivity contribution in [3.8, 4) is 0 Å². The minimum atomic E-state index is -0.372. The van der Waals surface area contributed by atoms with Gasteiger partial charge in [0, 0.05) is 36.1 Å². The van der Waals surface area contributed by atoms with E-state index in [-0.39, 0.29) is 39.8 Å². The summed E-state index contributed by atoms with van der Waals surface area (Å²) < 4.78 is 13.7. The van der Waals surface area contributed by atoms with Gasteiger partial charge in [-0.15, -0.1) is 0 Å². The first-order valence-corrected chi connectivity index (χ1v) is 14.3. The van der Waals surface area contributed by atoms with Gasteiger partial charge < -0.3 is 10.6 Å². The Morgan fingerprint density at radius 3 is 2.47 bits per heavy atom. The average molecular weight is 493 g/mol. The second kappa shape index (κ2) is 8.70. The lowest BCUT2D eigenvalue weighted by molar-refractivity contribution is -0.135. The van der Waals surface area contributed by atoms with Crippen LogP contribution >= 0.6 is 0 Å². The van der Waals surface area contributed by atoms with Crippen molar-refractivity contribution in [2.24, 2.45) is 34.5 Å². The zero-order valence-corrected chi connectivity index (χ0v) is 21.9. The van der Waals surface area contributed by atoms with Gasteiger partial charge in [-0.2, -0.15) is 0 Å². The third-order valence-corrected chi connectivity index (χ3v) is 11.4. The Labute approximate surface area is 214 Å². The zero-order valence-electron chi connectivity index (χ0n) is 21.9. The number of benzene rings is 1. The standard InChI is InChI=1S/C31H41FN2O2/c1-29-17-13-25-23(19-33-27-18-22(35)12-16-30(25,27)2)24(29)10-11-26(29)28(36)34-31(14-4-3-5-15-31)20-6-8-21(32)9-7-20/h6-9,18,23-26,33H,3-5,10-17,19H2,1-2H3,(H,34,36)/t23-,24-,25+,26?,29-,30+/m0/s1. The number of piperidine rings is 1. The van der Waals surface area contributed by atoms with Gasteiger partial charge in [-0.1, -0.05) is 45.2 Å². The molecule has 0 aromatic heterocycles. The van der Waals surface area contributed by atoms with Crippen LogP contribution < -0.4 is 10.6 Å². The van der Waals surface area contributed by atoms with Crippen LogP contribution in [0, 0.1) is 40.3 Å². The normalized spacial score (nSPS) is 39.2. The lowest BCUT2D eigenvalue weighted by Crippen LogP contribution is -2.58. The van der Waals surface area contributed by atoms with Crippen molar-refractivity contribution in [3.63, 3.8) is 0 Å². The molecule has 4 nitrogen and oxygen atoms in total. The van der Waals surface area contributed by atoms with E-state index in [9.17, 15) is 14.0 Å². The van der Waals surface area contributed by atoms with Gasteiger partial charge in [0.05, 0.1) is 5.54 Å². The number of fused-ring (bicyclic) bond motifs is 5. The SMILES string of the molecule is C[C@]12CCC(=O)C=C1NC[C@@H]1[C@H]2CC[C@]2(C)C(C(=O)NC3(c4ccc(F)cc4)CCCCC3)CC[C@@H]12. The van der Waals surface area contributed by atoms with Gasteiger partial charge in [-0.25, -0.2) is 4.39 Å². The molecule has 1 unspecified atom stereocenters. The molecular weight excluding hydrogens is 451 g/mol. The van der Waals surface area contributed by atoms with E-state index in [1.54, 1.807) is 0 Å². The Hall–Kier alpha value is -2.17. The van der Waals surface area contributed by atoms with Gasteiger partial charge in [-0.05, 0) is 85.8 Å². The highest BCUT2D eigenvalue weighted by Crippen LogP contribution is 2.64. The Morgan fingerprint density at radius 2 is 1.72 bits per heavy atom. The van der Waals surface area contributed by atoms with Crippen LogP contribution in [0.25, 0.3) is 0 Å². The van der Waals surface area contributed by atoms with Crippen molar-refractivity contribution in [1.82, 2.24) is 10.6 Å². The molecule has 194 valence electrons.